The standard InChI is InChI=1S/C10H14N2O4S2/c1-7-6-8(17-9(7)10(13)14)11-18(15,16)12-4-2-3-5-12/h6,11H,2-5H2,1H3,(H,13,14). The van der Waals surface area contributed by atoms with E-state index in [2.05, 4.69) is 4.72 Å². The molecule has 0 aliphatic carbocycles. The van der Waals surface area contributed by atoms with Crippen LogP contribution in [0.25, 0.3) is 0 Å². The molecule has 0 aromatic carbocycles. The highest BCUT2D eigenvalue weighted by atomic mass is 32.2. The van der Waals surface area contributed by atoms with E-state index in [0.29, 0.717) is 23.7 Å². The van der Waals surface area contributed by atoms with E-state index in [1.165, 1.54) is 4.31 Å². The third kappa shape index (κ3) is 2.65. The smallest absolute Gasteiger partial charge is 0.346 e. The zero-order chi connectivity index (χ0) is 13.3. The molecule has 1 aromatic heterocycles. The van der Waals surface area contributed by atoms with E-state index in [1.54, 1.807) is 13.0 Å². The van der Waals surface area contributed by atoms with E-state index in [-0.39, 0.29) is 4.88 Å². The van der Waals surface area contributed by atoms with Gasteiger partial charge in [-0.1, -0.05) is 0 Å². The number of hydrogen-bond donors (Lipinski definition) is 2. The molecule has 18 heavy (non-hydrogen) atoms. The molecule has 6 nitrogen and oxygen atoms in total. The lowest BCUT2D eigenvalue weighted by Crippen LogP contribution is -2.33. The molecule has 2 rings (SSSR count). The largest absolute Gasteiger partial charge is 0.477 e. The van der Waals surface area contributed by atoms with Crippen LogP contribution in [-0.2, 0) is 10.2 Å². The molecule has 100 valence electrons. The van der Waals surface area contributed by atoms with Gasteiger partial charge in [-0.25, -0.2) is 4.79 Å². The molecule has 8 heteroatoms. The number of thiophene rings is 1. The fourth-order valence-corrected chi connectivity index (χ4v) is 4.29. The SMILES string of the molecule is Cc1cc(NS(=O)(=O)N2CCCC2)sc1C(=O)O. The van der Waals surface area contributed by atoms with E-state index in [0.717, 1.165) is 24.2 Å². The van der Waals surface area contributed by atoms with Gasteiger partial charge in [0.15, 0.2) is 0 Å². The van der Waals surface area contributed by atoms with Crippen molar-refractivity contribution in [2.45, 2.75) is 19.8 Å². The highest BCUT2D eigenvalue weighted by Gasteiger charge is 2.26. The summed E-state index contributed by atoms with van der Waals surface area (Å²) in [6.45, 7) is 2.69. The van der Waals surface area contributed by atoms with Crippen molar-refractivity contribution in [2.24, 2.45) is 0 Å². The van der Waals surface area contributed by atoms with Crippen LogP contribution in [0.1, 0.15) is 28.1 Å². The van der Waals surface area contributed by atoms with Crippen LogP contribution >= 0.6 is 11.3 Å². The molecule has 0 unspecified atom stereocenters. The van der Waals surface area contributed by atoms with Gasteiger partial charge in [0.1, 0.15) is 9.88 Å². The van der Waals surface area contributed by atoms with E-state index in [1.807, 2.05) is 0 Å². The molecule has 1 aromatic rings. The van der Waals surface area contributed by atoms with Gasteiger partial charge in [0.2, 0.25) is 0 Å². The third-order valence-corrected chi connectivity index (χ3v) is 5.54. The highest BCUT2D eigenvalue weighted by Crippen LogP contribution is 2.28. The van der Waals surface area contributed by atoms with Crippen LogP contribution in [0, 0.1) is 6.92 Å². The summed E-state index contributed by atoms with van der Waals surface area (Å²) in [6, 6.07) is 1.54. The molecule has 2 N–H and O–H groups in total. The highest BCUT2D eigenvalue weighted by molar-refractivity contribution is 7.90. The Morgan fingerprint density at radius 2 is 2.06 bits per heavy atom. The summed E-state index contributed by atoms with van der Waals surface area (Å²) in [7, 11) is -3.54. The van der Waals surface area contributed by atoms with E-state index < -0.39 is 16.2 Å². The van der Waals surface area contributed by atoms with Crippen molar-refractivity contribution >= 4 is 32.5 Å². The molecule has 1 fully saturated rings. The predicted octanol–water partition coefficient (Wildman–Crippen LogP) is 1.51. The van der Waals surface area contributed by atoms with Crippen LogP contribution in [0.4, 0.5) is 5.00 Å². The Kier molecular flexibility index (Phi) is 3.60. The van der Waals surface area contributed by atoms with Crippen molar-refractivity contribution < 1.29 is 18.3 Å². The number of aryl methyl sites for hydroxylation is 1. The minimum absolute atomic E-state index is 0.161. The monoisotopic (exact) mass is 290 g/mol. The van der Waals surface area contributed by atoms with Gasteiger partial charge in [-0.2, -0.15) is 12.7 Å². The summed E-state index contributed by atoms with van der Waals surface area (Å²) in [5.41, 5.74) is 0.562. The van der Waals surface area contributed by atoms with Crippen LogP contribution in [0.3, 0.4) is 0 Å². The Bertz CT molecular complexity index is 558. The number of nitrogens with one attached hydrogen (secondary N) is 1. The fraction of sp³-hybridized carbons (Fsp3) is 0.500. The first kappa shape index (κ1) is 13.3. The molecule has 0 saturated carbocycles. The topological polar surface area (TPSA) is 86.7 Å². The number of carbonyl (C=O) groups is 1. The Labute approximate surface area is 109 Å². The second-order valence-corrected chi connectivity index (χ2v) is 6.86. The van der Waals surface area contributed by atoms with Crippen LogP contribution in [0.2, 0.25) is 0 Å². The molecular formula is C10H14N2O4S2. The number of anilines is 1. The van der Waals surface area contributed by atoms with Crippen molar-refractivity contribution in [2.75, 3.05) is 17.8 Å². The molecule has 0 atom stereocenters. The minimum atomic E-state index is -3.54. The van der Waals surface area contributed by atoms with Gasteiger partial charge in [0, 0.05) is 13.1 Å². The first-order valence-electron chi connectivity index (χ1n) is 5.52. The first-order valence-corrected chi connectivity index (χ1v) is 7.77. The number of rotatable bonds is 4. The molecule has 0 radical (unpaired) electrons. The van der Waals surface area contributed by atoms with Gasteiger partial charge in [0.05, 0.1) is 0 Å². The second-order valence-electron chi connectivity index (χ2n) is 4.14. The van der Waals surface area contributed by atoms with E-state index >= 15 is 0 Å². The number of aromatic carboxylic acids is 1. The molecule has 0 bridgehead atoms. The summed E-state index contributed by atoms with van der Waals surface area (Å²) in [4.78, 5) is 11.0. The van der Waals surface area contributed by atoms with E-state index in [4.69, 9.17) is 5.11 Å². The first-order chi connectivity index (χ1) is 8.40. The Morgan fingerprint density at radius 3 is 2.56 bits per heavy atom. The fourth-order valence-electron chi connectivity index (χ4n) is 1.86. The average Bonchev–Trinajstić information content (AvgIpc) is 2.86. The maximum Gasteiger partial charge on any atom is 0.346 e. The zero-order valence-corrected chi connectivity index (χ0v) is 11.5. The number of nitrogens with zero attached hydrogens (tertiary/aromatic N) is 1. The van der Waals surface area contributed by atoms with Crippen molar-refractivity contribution in [1.82, 2.24) is 4.31 Å². The van der Waals surface area contributed by atoms with Gasteiger partial charge in [0.25, 0.3) is 0 Å². The molecule has 0 amide bonds. The molecule has 1 aliphatic rings. The molecule has 0 spiro atoms. The maximum atomic E-state index is 12.0. The molecule has 1 aliphatic heterocycles. The third-order valence-electron chi connectivity index (χ3n) is 2.75. The van der Waals surface area contributed by atoms with Crippen LogP contribution in [-0.4, -0.2) is 36.9 Å². The summed E-state index contributed by atoms with van der Waals surface area (Å²) < 4.78 is 27.7. The van der Waals surface area contributed by atoms with Gasteiger partial charge >= 0.3 is 16.2 Å². The van der Waals surface area contributed by atoms with Crippen molar-refractivity contribution in [1.29, 1.82) is 0 Å². The van der Waals surface area contributed by atoms with Crippen molar-refractivity contribution in [3.05, 3.63) is 16.5 Å². The average molecular weight is 290 g/mol. The van der Waals surface area contributed by atoms with Gasteiger partial charge in [-0.15, -0.1) is 11.3 Å². The van der Waals surface area contributed by atoms with Crippen LogP contribution in [0.5, 0.6) is 0 Å². The van der Waals surface area contributed by atoms with Gasteiger partial charge in [-0.3, -0.25) is 4.72 Å². The summed E-state index contributed by atoms with van der Waals surface area (Å²) in [6.07, 6.45) is 1.73. The van der Waals surface area contributed by atoms with Gasteiger partial charge in [-0.05, 0) is 31.4 Å². The predicted molar refractivity (Wildman–Crippen MR) is 69.4 cm³/mol. The Hall–Kier alpha value is -1.12. The van der Waals surface area contributed by atoms with E-state index in [9.17, 15) is 13.2 Å². The van der Waals surface area contributed by atoms with Crippen LogP contribution in [0.15, 0.2) is 6.07 Å². The summed E-state index contributed by atoms with van der Waals surface area (Å²) in [5.74, 6) is -1.04. The van der Waals surface area contributed by atoms with Crippen molar-refractivity contribution in [3.8, 4) is 0 Å². The lowest BCUT2D eigenvalue weighted by Gasteiger charge is -2.15. The Morgan fingerprint density at radius 1 is 1.44 bits per heavy atom. The second kappa shape index (κ2) is 4.87. The zero-order valence-electron chi connectivity index (χ0n) is 9.84. The van der Waals surface area contributed by atoms with Gasteiger partial charge < -0.3 is 5.11 Å². The maximum absolute atomic E-state index is 12.0. The summed E-state index contributed by atoms with van der Waals surface area (Å²) in [5, 5.41) is 9.26. The number of hydrogen-bond acceptors (Lipinski definition) is 4. The minimum Gasteiger partial charge on any atom is -0.477 e. The van der Waals surface area contributed by atoms with Crippen LogP contribution < -0.4 is 4.72 Å². The molecule has 1 saturated heterocycles. The molecular weight excluding hydrogens is 276 g/mol. The Balaban J connectivity index is 2.18. The normalized spacial score (nSPS) is 16.9. The lowest BCUT2D eigenvalue weighted by atomic mass is 10.3. The number of carboxylic acids is 1. The van der Waals surface area contributed by atoms with Crippen molar-refractivity contribution in [3.63, 3.8) is 0 Å². The lowest BCUT2D eigenvalue weighted by molar-refractivity contribution is 0.0701. The number of carboxylic acid groups (broad SMARTS) is 1. The quantitative estimate of drug-likeness (QED) is 0.880. The summed E-state index contributed by atoms with van der Waals surface area (Å²) >= 11 is 0.937. The molecule has 2 heterocycles.